The highest BCUT2D eigenvalue weighted by molar-refractivity contribution is 5.81. The number of fused-ring (bicyclic) bond motifs is 1. The smallest absolute Gasteiger partial charge is 0.106 e. The van der Waals surface area contributed by atoms with E-state index in [4.69, 9.17) is 10.2 Å². The molecular formula is C17H21N3O. The highest BCUT2D eigenvalue weighted by Crippen LogP contribution is 2.29. The van der Waals surface area contributed by atoms with Crippen LogP contribution in [0.15, 0.2) is 28.7 Å². The van der Waals surface area contributed by atoms with Crippen molar-refractivity contribution >= 4 is 10.9 Å². The molecule has 1 unspecified atom stereocenters. The Morgan fingerprint density at radius 2 is 1.90 bits per heavy atom. The summed E-state index contributed by atoms with van der Waals surface area (Å²) in [5.41, 5.74) is 10.9. The Kier molecular flexibility index (Phi) is 3.33. The molecule has 0 spiro atoms. The van der Waals surface area contributed by atoms with E-state index in [1.807, 2.05) is 37.7 Å². The van der Waals surface area contributed by atoms with Gasteiger partial charge in [-0.05, 0) is 32.4 Å². The van der Waals surface area contributed by atoms with Crippen LogP contribution in [0.4, 0.5) is 0 Å². The van der Waals surface area contributed by atoms with Crippen molar-refractivity contribution in [2.24, 2.45) is 12.8 Å². The number of benzene rings is 1. The van der Waals surface area contributed by atoms with Crippen LogP contribution >= 0.6 is 0 Å². The lowest BCUT2D eigenvalue weighted by Crippen LogP contribution is -2.15. The topological polar surface area (TPSA) is 57.0 Å². The number of nitrogens with zero attached hydrogens (tertiary/aromatic N) is 2. The molecule has 4 heteroatoms. The predicted octanol–water partition coefficient (Wildman–Crippen LogP) is 3.33. The summed E-state index contributed by atoms with van der Waals surface area (Å²) < 4.78 is 7.61. The number of rotatable bonds is 3. The standard InChI is InChI=1S/C17H21N3O/c1-10-11(2)21-12(3)17(10)14(18)9-15-13-7-5-6-8-16(13)20(4)19-15/h5-8,14H,9,18H2,1-4H3. The number of para-hydroxylation sites is 1. The minimum atomic E-state index is -0.0965. The summed E-state index contributed by atoms with van der Waals surface area (Å²) in [5, 5.41) is 5.80. The van der Waals surface area contributed by atoms with Crippen LogP contribution in [0.25, 0.3) is 10.9 Å². The summed E-state index contributed by atoms with van der Waals surface area (Å²) in [7, 11) is 1.97. The summed E-state index contributed by atoms with van der Waals surface area (Å²) in [6.07, 6.45) is 0.710. The first-order valence-corrected chi connectivity index (χ1v) is 7.21. The van der Waals surface area contributed by atoms with Gasteiger partial charge in [-0.25, -0.2) is 0 Å². The normalized spacial score (nSPS) is 13.0. The second kappa shape index (κ2) is 5.04. The van der Waals surface area contributed by atoms with Crippen molar-refractivity contribution in [1.82, 2.24) is 9.78 Å². The third-order valence-electron chi connectivity index (χ3n) is 4.24. The Morgan fingerprint density at radius 1 is 1.19 bits per heavy atom. The van der Waals surface area contributed by atoms with E-state index in [0.717, 1.165) is 33.9 Å². The van der Waals surface area contributed by atoms with Crippen LogP contribution in [-0.4, -0.2) is 9.78 Å². The first kappa shape index (κ1) is 13.9. The molecule has 0 saturated heterocycles. The summed E-state index contributed by atoms with van der Waals surface area (Å²) >= 11 is 0. The molecule has 0 fully saturated rings. The van der Waals surface area contributed by atoms with Gasteiger partial charge in [0.25, 0.3) is 0 Å². The fraction of sp³-hybridized carbons (Fsp3) is 0.353. The van der Waals surface area contributed by atoms with E-state index in [-0.39, 0.29) is 6.04 Å². The van der Waals surface area contributed by atoms with Gasteiger partial charge in [0.15, 0.2) is 0 Å². The molecule has 2 aromatic heterocycles. The fourth-order valence-electron chi connectivity index (χ4n) is 3.10. The Balaban J connectivity index is 1.98. The zero-order chi connectivity index (χ0) is 15.1. The lowest BCUT2D eigenvalue weighted by molar-refractivity contribution is 0.496. The summed E-state index contributed by atoms with van der Waals surface area (Å²) in [6, 6.07) is 8.15. The van der Waals surface area contributed by atoms with Gasteiger partial charge in [-0.15, -0.1) is 0 Å². The van der Waals surface area contributed by atoms with Gasteiger partial charge in [-0.1, -0.05) is 18.2 Å². The molecule has 0 radical (unpaired) electrons. The van der Waals surface area contributed by atoms with Gasteiger partial charge in [-0.2, -0.15) is 5.10 Å². The predicted molar refractivity (Wildman–Crippen MR) is 84.3 cm³/mol. The van der Waals surface area contributed by atoms with Crippen molar-refractivity contribution in [2.45, 2.75) is 33.2 Å². The molecule has 1 atom stereocenters. The third kappa shape index (κ3) is 2.25. The number of aromatic nitrogens is 2. The molecule has 3 aromatic rings. The highest BCUT2D eigenvalue weighted by atomic mass is 16.3. The molecule has 0 aliphatic carbocycles. The maximum Gasteiger partial charge on any atom is 0.106 e. The molecule has 2 heterocycles. The van der Waals surface area contributed by atoms with Gasteiger partial charge >= 0.3 is 0 Å². The van der Waals surface area contributed by atoms with Gasteiger partial charge in [0, 0.05) is 30.5 Å². The van der Waals surface area contributed by atoms with Gasteiger partial charge in [-0.3, -0.25) is 4.68 Å². The molecule has 1 aromatic carbocycles. The summed E-state index contributed by atoms with van der Waals surface area (Å²) in [4.78, 5) is 0. The minimum absolute atomic E-state index is 0.0965. The van der Waals surface area contributed by atoms with Gasteiger partial charge in [0.1, 0.15) is 11.5 Å². The molecule has 4 nitrogen and oxygen atoms in total. The SMILES string of the molecule is Cc1oc(C)c(C(N)Cc2nn(C)c3ccccc23)c1C. The van der Waals surface area contributed by atoms with Gasteiger partial charge in [0.2, 0.25) is 0 Å². The molecule has 0 saturated carbocycles. The van der Waals surface area contributed by atoms with Crippen LogP contribution < -0.4 is 5.73 Å². The van der Waals surface area contributed by atoms with Crippen molar-refractivity contribution in [2.75, 3.05) is 0 Å². The number of hydrogen-bond donors (Lipinski definition) is 1. The first-order chi connectivity index (χ1) is 9.99. The van der Waals surface area contributed by atoms with E-state index in [9.17, 15) is 0 Å². The van der Waals surface area contributed by atoms with E-state index in [1.54, 1.807) is 0 Å². The molecule has 21 heavy (non-hydrogen) atoms. The van der Waals surface area contributed by atoms with Crippen molar-refractivity contribution < 1.29 is 4.42 Å². The maximum absolute atomic E-state index is 6.43. The van der Waals surface area contributed by atoms with E-state index in [0.29, 0.717) is 6.42 Å². The molecule has 0 amide bonds. The summed E-state index contributed by atoms with van der Waals surface area (Å²) in [6.45, 7) is 6.03. The number of aryl methyl sites for hydroxylation is 3. The van der Waals surface area contributed by atoms with Crippen LogP contribution in [0.1, 0.15) is 34.4 Å². The molecule has 2 N–H and O–H groups in total. The van der Waals surface area contributed by atoms with Crippen molar-refractivity contribution in [3.63, 3.8) is 0 Å². The monoisotopic (exact) mass is 283 g/mol. The van der Waals surface area contributed by atoms with Crippen LogP contribution in [0.5, 0.6) is 0 Å². The third-order valence-corrected chi connectivity index (χ3v) is 4.24. The molecule has 110 valence electrons. The van der Waals surface area contributed by atoms with Crippen LogP contribution in [0, 0.1) is 20.8 Å². The molecular weight excluding hydrogens is 262 g/mol. The van der Waals surface area contributed by atoms with E-state index in [2.05, 4.69) is 24.2 Å². The average Bonchev–Trinajstić information content (AvgIpc) is 2.89. The number of nitrogens with two attached hydrogens (primary N) is 1. The molecule has 0 aliphatic heterocycles. The maximum atomic E-state index is 6.43. The second-order valence-electron chi connectivity index (χ2n) is 5.65. The molecule has 0 aliphatic rings. The molecule has 3 rings (SSSR count). The van der Waals surface area contributed by atoms with Crippen molar-refractivity contribution in [3.05, 3.63) is 52.6 Å². The van der Waals surface area contributed by atoms with E-state index < -0.39 is 0 Å². The van der Waals surface area contributed by atoms with Gasteiger partial charge < -0.3 is 10.2 Å². The summed E-state index contributed by atoms with van der Waals surface area (Å²) in [5.74, 6) is 1.86. The number of hydrogen-bond acceptors (Lipinski definition) is 3. The lowest BCUT2D eigenvalue weighted by Gasteiger charge is -2.11. The van der Waals surface area contributed by atoms with E-state index >= 15 is 0 Å². The first-order valence-electron chi connectivity index (χ1n) is 7.21. The second-order valence-corrected chi connectivity index (χ2v) is 5.65. The lowest BCUT2D eigenvalue weighted by atomic mass is 9.98. The Labute approximate surface area is 124 Å². The van der Waals surface area contributed by atoms with Crippen LogP contribution in [0.2, 0.25) is 0 Å². The van der Waals surface area contributed by atoms with Crippen LogP contribution in [-0.2, 0) is 13.5 Å². The molecule has 0 bridgehead atoms. The van der Waals surface area contributed by atoms with Crippen LogP contribution in [0.3, 0.4) is 0 Å². The number of furan rings is 1. The highest BCUT2D eigenvalue weighted by Gasteiger charge is 2.20. The Morgan fingerprint density at radius 3 is 2.57 bits per heavy atom. The van der Waals surface area contributed by atoms with Crippen molar-refractivity contribution in [1.29, 1.82) is 0 Å². The largest absolute Gasteiger partial charge is 0.466 e. The minimum Gasteiger partial charge on any atom is -0.466 e. The quantitative estimate of drug-likeness (QED) is 0.802. The fourth-order valence-corrected chi connectivity index (χ4v) is 3.10. The van der Waals surface area contributed by atoms with Crippen molar-refractivity contribution in [3.8, 4) is 0 Å². The Hall–Kier alpha value is -2.07. The zero-order valence-corrected chi connectivity index (χ0v) is 13.0. The zero-order valence-electron chi connectivity index (χ0n) is 13.0. The van der Waals surface area contributed by atoms with Gasteiger partial charge in [0.05, 0.1) is 11.2 Å². The Bertz CT molecular complexity index is 798. The average molecular weight is 283 g/mol. The van der Waals surface area contributed by atoms with E-state index in [1.165, 1.54) is 5.39 Å².